The fraction of sp³-hybridized carbons (Fsp3) is 0.0870. The Balaban J connectivity index is 1.47. The summed E-state index contributed by atoms with van der Waals surface area (Å²) in [5.74, 6) is -0.350. The van der Waals surface area contributed by atoms with Crippen LogP contribution in [0.1, 0.15) is 5.56 Å². The lowest BCUT2D eigenvalue weighted by molar-refractivity contribution is -0.274. The number of hydrogen-bond acceptors (Lipinski definition) is 5. The van der Waals surface area contributed by atoms with E-state index in [1.165, 1.54) is 36.4 Å². The Kier molecular flexibility index (Phi) is 5.04. The van der Waals surface area contributed by atoms with Crippen molar-refractivity contribution in [3.05, 3.63) is 84.2 Å². The zero-order chi connectivity index (χ0) is 23.0. The van der Waals surface area contributed by atoms with Crippen LogP contribution in [-0.4, -0.2) is 26.3 Å². The Hall–Kier alpha value is -4.21. The normalized spacial score (nSPS) is 11.8. The van der Waals surface area contributed by atoms with Gasteiger partial charge in [-0.15, -0.1) is 13.2 Å². The molecule has 0 radical (unpaired) electrons. The van der Waals surface area contributed by atoms with Crippen LogP contribution in [0.25, 0.3) is 33.9 Å². The van der Waals surface area contributed by atoms with Crippen LogP contribution in [0, 0.1) is 5.82 Å². The molecule has 0 spiro atoms. The van der Waals surface area contributed by atoms with Gasteiger partial charge >= 0.3 is 6.36 Å². The van der Waals surface area contributed by atoms with Crippen LogP contribution in [0.15, 0.2) is 77.3 Å². The van der Waals surface area contributed by atoms with Crippen molar-refractivity contribution < 1.29 is 26.8 Å². The van der Waals surface area contributed by atoms with Crippen molar-refractivity contribution in [2.45, 2.75) is 12.9 Å². The summed E-state index contributed by atoms with van der Waals surface area (Å²) in [7, 11) is 0. The lowest BCUT2D eigenvalue weighted by atomic mass is 10.2. The topological polar surface area (TPSA) is 66.0 Å². The SMILES string of the molecule is Fc1cccc(Cn2nc(-c3nc(-c4ccc(OC(F)(F)F)cc4)no3)c3ccccc32)c1. The molecule has 166 valence electrons. The molecule has 0 bridgehead atoms. The second-order valence-electron chi connectivity index (χ2n) is 7.15. The van der Waals surface area contributed by atoms with Gasteiger partial charge in [0.1, 0.15) is 11.6 Å². The third kappa shape index (κ3) is 4.40. The van der Waals surface area contributed by atoms with Gasteiger partial charge in [0.15, 0.2) is 5.69 Å². The van der Waals surface area contributed by atoms with Crippen LogP contribution in [0.3, 0.4) is 0 Å². The van der Waals surface area contributed by atoms with Gasteiger partial charge in [-0.1, -0.05) is 35.5 Å². The summed E-state index contributed by atoms with van der Waals surface area (Å²) in [5, 5.41) is 9.29. The van der Waals surface area contributed by atoms with Crippen molar-refractivity contribution in [2.75, 3.05) is 0 Å². The Labute approximate surface area is 184 Å². The molecule has 5 aromatic rings. The fourth-order valence-corrected chi connectivity index (χ4v) is 3.46. The van der Waals surface area contributed by atoms with Gasteiger partial charge in [0.05, 0.1) is 12.1 Å². The third-order valence-electron chi connectivity index (χ3n) is 4.85. The molecule has 0 aliphatic heterocycles. The van der Waals surface area contributed by atoms with E-state index >= 15 is 0 Å². The van der Waals surface area contributed by atoms with Crippen LogP contribution in [0.2, 0.25) is 0 Å². The molecular weight excluding hydrogens is 440 g/mol. The Morgan fingerprint density at radius 1 is 0.939 bits per heavy atom. The molecule has 0 atom stereocenters. The molecule has 0 N–H and O–H groups in total. The van der Waals surface area contributed by atoms with Crippen LogP contribution < -0.4 is 4.74 Å². The second-order valence-corrected chi connectivity index (χ2v) is 7.15. The molecule has 0 aliphatic carbocycles. The average Bonchev–Trinajstić information content (AvgIpc) is 3.39. The van der Waals surface area contributed by atoms with Gasteiger partial charge in [0, 0.05) is 10.9 Å². The highest BCUT2D eigenvalue weighted by Crippen LogP contribution is 2.30. The van der Waals surface area contributed by atoms with E-state index in [1.54, 1.807) is 16.8 Å². The van der Waals surface area contributed by atoms with E-state index in [0.717, 1.165) is 16.5 Å². The molecule has 33 heavy (non-hydrogen) atoms. The van der Waals surface area contributed by atoms with Gasteiger partial charge in [-0.3, -0.25) is 4.68 Å². The van der Waals surface area contributed by atoms with E-state index in [1.807, 2.05) is 24.3 Å². The monoisotopic (exact) mass is 454 g/mol. The molecule has 10 heteroatoms. The molecule has 3 aromatic carbocycles. The van der Waals surface area contributed by atoms with Gasteiger partial charge in [0.2, 0.25) is 5.82 Å². The van der Waals surface area contributed by atoms with Crippen molar-refractivity contribution in [1.82, 2.24) is 19.9 Å². The number of nitrogens with zero attached hydrogens (tertiary/aromatic N) is 4. The van der Waals surface area contributed by atoms with E-state index in [2.05, 4.69) is 20.0 Å². The molecule has 0 saturated heterocycles. The molecule has 0 aliphatic rings. The highest BCUT2D eigenvalue weighted by Gasteiger charge is 2.31. The predicted octanol–water partition coefficient (Wildman–Crippen LogP) is 5.84. The molecular formula is C23H14F4N4O2. The standard InChI is InChI=1S/C23H14F4N4O2/c24-16-5-3-4-14(12-16)13-31-19-7-2-1-6-18(19)20(29-31)22-28-21(30-33-22)15-8-10-17(11-9-15)32-23(25,26)27/h1-12H,13H2. The summed E-state index contributed by atoms with van der Waals surface area (Å²) in [5.41, 5.74) is 2.42. The first kappa shape index (κ1) is 20.7. The Morgan fingerprint density at radius 2 is 1.73 bits per heavy atom. The molecule has 6 nitrogen and oxygen atoms in total. The summed E-state index contributed by atoms with van der Waals surface area (Å²) in [6.07, 6.45) is -4.77. The number of halogens is 4. The van der Waals surface area contributed by atoms with Crippen LogP contribution >= 0.6 is 0 Å². The van der Waals surface area contributed by atoms with Gasteiger partial charge in [-0.25, -0.2) is 4.39 Å². The smallest absolute Gasteiger partial charge is 0.406 e. The minimum Gasteiger partial charge on any atom is -0.406 e. The molecule has 5 rings (SSSR count). The van der Waals surface area contributed by atoms with Crippen molar-refractivity contribution in [2.24, 2.45) is 0 Å². The average molecular weight is 454 g/mol. The first-order valence-corrected chi connectivity index (χ1v) is 9.76. The van der Waals surface area contributed by atoms with Gasteiger partial charge < -0.3 is 9.26 Å². The number of fused-ring (bicyclic) bond motifs is 1. The zero-order valence-electron chi connectivity index (χ0n) is 16.8. The summed E-state index contributed by atoms with van der Waals surface area (Å²) in [4.78, 5) is 4.36. The molecule has 2 aromatic heterocycles. The van der Waals surface area contributed by atoms with Crippen LogP contribution in [-0.2, 0) is 6.54 Å². The quantitative estimate of drug-likeness (QED) is 0.312. The summed E-state index contributed by atoms with van der Waals surface area (Å²) < 4.78 is 61.6. The van der Waals surface area contributed by atoms with E-state index < -0.39 is 6.36 Å². The van der Waals surface area contributed by atoms with Crippen molar-refractivity contribution in [3.63, 3.8) is 0 Å². The van der Waals surface area contributed by atoms with Gasteiger partial charge in [0.25, 0.3) is 5.89 Å². The second kappa shape index (κ2) is 8.05. The minimum atomic E-state index is -4.77. The van der Waals surface area contributed by atoms with Crippen LogP contribution in [0.4, 0.5) is 17.6 Å². The predicted molar refractivity (Wildman–Crippen MR) is 111 cm³/mol. The highest BCUT2D eigenvalue weighted by molar-refractivity contribution is 5.91. The fourth-order valence-electron chi connectivity index (χ4n) is 3.46. The third-order valence-corrected chi connectivity index (χ3v) is 4.85. The molecule has 2 heterocycles. The van der Waals surface area contributed by atoms with E-state index in [4.69, 9.17) is 4.52 Å². The van der Waals surface area contributed by atoms with E-state index in [-0.39, 0.29) is 23.3 Å². The first-order valence-electron chi connectivity index (χ1n) is 9.76. The minimum absolute atomic E-state index is 0.148. The maximum absolute atomic E-state index is 13.6. The highest BCUT2D eigenvalue weighted by atomic mass is 19.4. The summed E-state index contributed by atoms with van der Waals surface area (Å²) in [6, 6.07) is 18.8. The Bertz CT molecular complexity index is 1420. The lowest BCUT2D eigenvalue weighted by Gasteiger charge is -2.08. The number of hydrogen-bond donors (Lipinski definition) is 0. The largest absolute Gasteiger partial charge is 0.573 e. The van der Waals surface area contributed by atoms with Gasteiger partial charge in [-0.05, 0) is 48.0 Å². The number of para-hydroxylation sites is 1. The van der Waals surface area contributed by atoms with Crippen molar-refractivity contribution >= 4 is 10.9 Å². The zero-order valence-corrected chi connectivity index (χ0v) is 16.8. The maximum atomic E-state index is 13.6. The molecule has 0 amide bonds. The maximum Gasteiger partial charge on any atom is 0.573 e. The number of aromatic nitrogens is 4. The molecule has 0 unspecified atom stereocenters. The first-order chi connectivity index (χ1) is 15.9. The van der Waals surface area contributed by atoms with Crippen LogP contribution in [0.5, 0.6) is 5.75 Å². The molecule has 0 fully saturated rings. The van der Waals surface area contributed by atoms with E-state index in [9.17, 15) is 17.6 Å². The summed E-state index contributed by atoms with van der Waals surface area (Å²) >= 11 is 0. The van der Waals surface area contributed by atoms with Crippen molar-refractivity contribution in [3.8, 4) is 28.7 Å². The summed E-state index contributed by atoms with van der Waals surface area (Å²) in [6.45, 7) is 0.333. The lowest BCUT2D eigenvalue weighted by Crippen LogP contribution is -2.16. The van der Waals surface area contributed by atoms with E-state index in [0.29, 0.717) is 17.8 Å². The van der Waals surface area contributed by atoms with Gasteiger partial charge in [-0.2, -0.15) is 10.1 Å². The number of ether oxygens (including phenoxy) is 1. The molecule has 0 saturated carbocycles. The Morgan fingerprint density at radius 3 is 2.48 bits per heavy atom. The number of benzene rings is 3. The number of alkyl halides is 3. The number of rotatable bonds is 5. The van der Waals surface area contributed by atoms with Crippen molar-refractivity contribution in [1.29, 1.82) is 0 Å².